The molecule has 1 N–H and O–H groups in total. The van der Waals surface area contributed by atoms with Gasteiger partial charge in [-0.1, -0.05) is 0 Å². The van der Waals surface area contributed by atoms with Crippen molar-refractivity contribution in [1.82, 2.24) is 0 Å². The van der Waals surface area contributed by atoms with E-state index in [1.54, 1.807) is 0 Å². The molecule has 1 aromatic carbocycles. The predicted octanol–water partition coefficient (Wildman–Crippen LogP) is 1.99. The second kappa shape index (κ2) is 5.69. The van der Waals surface area contributed by atoms with Gasteiger partial charge in [0.2, 0.25) is 0 Å². The highest BCUT2D eigenvalue weighted by molar-refractivity contribution is 7.85. The van der Waals surface area contributed by atoms with Crippen molar-refractivity contribution in [2.45, 2.75) is 11.3 Å². The summed E-state index contributed by atoms with van der Waals surface area (Å²) in [6.45, 7) is -0.585. The molecule has 0 radical (unpaired) electrons. The summed E-state index contributed by atoms with van der Waals surface area (Å²) in [5, 5.41) is 8.65. The molecule has 0 amide bonds. The van der Waals surface area contributed by atoms with Gasteiger partial charge < -0.3 is 5.11 Å². The van der Waals surface area contributed by atoms with Crippen LogP contribution in [0.3, 0.4) is 0 Å². The number of hydrogen-bond donors (Lipinski definition) is 1. The van der Waals surface area contributed by atoms with E-state index in [-0.39, 0.29) is 17.1 Å². The highest BCUT2D eigenvalue weighted by Gasteiger charge is 2.13. The third-order valence-corrected chi connectivity index (χ3v) is 3.33. The highest BCUT2D eigenvalue weighted by Crippen LogP contribution is 2.14. The van der Waals surface area contributed by atoms with Crippen molar-refractivity contribution in [2.75, 3.05) is 12.4 Å². The Kier molecular flexibility index (Phi) is 4.54. The van der Waals surface area contributed by atoms with E-state index >= 15 is 0 Å². The van der Waals surface area contributed by atoms with E-state index in [1.807, 2.05) is 0 Å². The zero-order chi connectivity index (χ0) is 12.1. The molecule has 0 fully saturated rings. The minimum Gasteiger partial charge on any atom is -0.478 e. The van der Waals surface area contributed by atoms with E-state index < -0.39 is 34.8 Å². The van der Waals surface area contributed by atoms with Crippen molar-refractivity contribution in [1.29, 1.82) is 0 Å². The Morgan fingerprint density at radius 3 is 2.69 bits per heavy atom. The Hall–Kier alpha value is -1.30. The van der Waals surface area contributed by atoms with Gasteiger partial charge in [0.15, 0.2) is 0 Å². The first kappa shape index (κ1) is 12.8. The van der Waals surface area contributed by atoms with Crippen LogP contribution in [0.4, 0.5) is 8.78 Å². The molecule has 0 bridgehead atoms. The number of alkyl halides is 1. The molecule has 88 valence electrons. The zero-order valence-electron chi connectivity index (χ0n) is 8.28. The quantitative estimate of drug-likeness (QED) is 0.867. The van der Waals surface area contributed by atoms with Gasteiger partial charge in [0.05, 0.1) is 23.0 Å². The van der Waals surface area contributed by atoms with Gasteiger partial charge >= 0.3 is 5.97 Å². The van der Waals surface area contributed by atoms with E-state index in [2.05, 4.69) is 0 Å². The van der Waals surface area contributed by atoms with Crippen LogP contribution in [0.15, 0.2) is 23.1 Å². The first-order chi connectivity index (χ1) is 7.56. The smallest absolute Gasteiger partial charge is 0.338 e. The van der Waals surface area contributed by atoms with Gasteiger partial charge in [0, 0.05) is 10.6 Å². The summed E-state index contributed by atoms with van der Waals surface area (Å²) in [5.41, 5.74) is -0.522. The number of carbonyl (C=O) groups is 1. The van der Waals surface area contributed by atoms with Crippen LogP contribution in [-0.4, -0.2) is 27.7 Å². The van der Waals surface area contributed by atoms with Crippen LogP contribution >= 0.6 is 0 Å². The molecule has 6 heteroatoms. The van der Waals surface area contributed by atoms with Crippen molar-refractivity contribution in [3.63, 3.8) is 0 Å². The van der Waals surface area contributed by atoms with Crippen molar-refractivity contribution >= 4 is 16.8 Å². The average molecular weight is 248 g/mol. The maximum absolute atomic E-state index is 13.0. The molecule has 0 aliphatic carbocycles. The van der Waals surface area contributed by atoms with Gasteiger partial charge in [-0.15, -0.1) is 0 Å². The van der Waals surface area contributed by atoms with E-state index in [0.29, 0.717) is 0 Å². The maximum atomic E-state index is 13.0. The lowest BCUT2D eigenvalue weighted by atomic mass is 10.2. The molecule has 1 unspecified atom stereocenters. The Morgan fingerprint density at radius 2 is 2.12 bits per heavy atom. The van der Waals surface area contributed by atoms with E-state index in [1.165, 1.54) is 6.07 Å². The number of aromatic carboxylic acids is 1. The van der Waals surface area contributed by atoms with Crippen molar-refractivity contribution < 1.29 is 22.9 Å². The monoisotopic (exact) mass is 248 g/mol. The molecular weight excluding hydrogens is 238 g/mol. The molecule has 0 aliphatic heterocycles. The normalized spacial score (nSPS) is 12.4. The number of halogens is 2. The van der Waals surface area contributed by atoms with Gasteiger partial charge in [-0.3, -0.25) is 8.60 Å². The molecule has 16 heavy (non-hydrogen) atoms. The van der Waals surface area contributed by atoms with Gasteiger partial charge in [0.25, 0.3) is 0 Å². The van der Waals surface area contributed by atoms with E-state index in [9.17, 15) is 17.8 Å². The molecule has 0 aromatic heterocycles. The summed E-state index contributed by atoms with van der Waals surface area (Å²) in [4.78, 5) is 10.8. The fourth-order valence-electron chi connectivity index (χ4n) is 1.11. The molecule has 1 atom stereocenters. The summed E-state index contributed by atoms with van der Waals surface area (Å²) in [6, 6.07) is 3.22. The third kappa shape index (κ3) is 3.10. The van der Waals surface area contributed by atoms with Crippen LogP contribution in [0.1, 0.15) is 16.8 Å². The van der Waals surface area contributed by atoms with Crippen LogP contribution in [0.25, 0.3) is 0 Å². The van der Waals surface area contributed by atoms with Crippen molar-refractivity contribution in [2.24, 2.45) is 0 Å². The molecule has 0 saturated heterocycles. The number of hydrogen-bond acceptors (Lipinski definition) is 2. The molecule has 0 spiro atoms. The molecule has 0 heterocycles. The first-order valence-electron chi connectivity index (χ1n) is 4.53. The average Bonchev–Trinajstić information content (AvgIpc) is 2.26. The lowest BCUT2D eigenvalue weighted by Crippen LogP contribution is -2.04. The Bertz CT molecular complexity index is 421. The van der Waals surface area contributed by atoms with Crippen molar-refractivity contribution in [3.05, 3.63) is 29.6 Å². The summed E-state index contributed by atoms with van der Waals surface area (Å²) < 4.78 is 36.4. The minimum atomic E-state index is -1.49. The van der Waals surface area contributed by atoms with Crippen LogP contribution in [0.2, 0.25) is 0 Å². The molecule has 3 nitrogen and oxygen atoms in total. The molecule has 1 aromatic rings. The summed E-state index contributed by atoms with van der Waals surface area (Å²) >= 11 is 0. The summed E-state index contributed by atoms with van der Waals surface area (Å²) in [5.74, 6) is -2.19. The second-order valence-corrected chi connectivity index (χ2v) is 4.61. The molecule has 0 saturated carbocycles. The van der Waals surface area contributed by atoms with E-state index in [0.717, 1.165) is 12.1 Å². The van der Waals surface area contributed by atoms with Crippen molar-refractivity contribution in [3.8, 4) is 0 Å². The van der Waals surface area contributed by atoms with Gasteiger partial charge in [0.1, 0.15) is 5.82 Å². The zero-order valence-corrected chi connectivity index (χ0v) is 9.10. The summed E-state index contributed by atoms with van der Waals surface area (Å²) in [6.07, 6.45) is 0.131. The topological polar surface area (TPSA) is 54.4 Å². The van der Waals surface area contributed by atoms with E-state index in [4.69, 9.17) is 5.11 Å². The van der Waals surface area contributed by atoms with Gasteiger partial charge in [-0.25, -0.2) is 9.18 Å². The molecule has 1 rings (SSSR count). The summed E-state index contributed by atoms with van der Waals surface area (Å²) in [7, 11) is -1.49. The number of rotatable bonds is 5. The highest BCUT2D eigenvalue weighted by atomic mass is 32.2. The Labute approximate surface area is 93.6 Å². The Balaban J connectivity index is 2.94. The maximum Gasteiger partial charge on any atom is 0.338 e. The lowest BCUT2D eigenvalue weighted by molar-refractivity contribution is 0.0691. The van der Waals surface area contributed by atoms with Crippen LogP contribution in [-0.2, 0) is 10.8 Å². The third-order valence-electron chi connectivity index (χ3n) is 1.89. The lowest BCUT2D eigenvalue weighted by Gasteiger charge is -2.03. The van der Waals surface area contributed by atoms with Crippen LogP contribution in [0.5, 0.6) is 0 Å². The fraction of sp³-hybridized carbons (Fsp3) is 0.300. The number of carboxylic acid groups (broad SMARTS) is 1. The Morgan fingerprint density at radius 1 is 1.44 bits per heavy atom. The molecular formula is C10H10F2O3S. The second-order valence-electron chi connectivity index (χ2n) is 3.04. The first-order valence-corrected chi connectivity index (χ1v) is 5.85. The standard InChI is InChI=1S/C10H10F2O3S/c11-4-1-5-16(15)7-2-3-9(12)8(6-7)10(13)14/h2-3,6H,1,4-5H2,(H,13,14). The largest absolute Gasteiger partial charge is 0.478 e. The van der Waals surface area contributed by atoms with Crippen LogP contribution in [0, 0.1) is 5.82 Å². The predicted molar refractivity (Wildman–Crippen MR) is 55.2 cm³/mol. The number of benzene rings is 1. The SMILES string of the molecule is O=C(O)c1cc(S(=O)CCCF)ccc1F. The number of carboxylic acids is 1. The van der Waals surface area contributed by atoms with Gasteiger partial charge in [-0.05, 0) is 24.6 Å². The molecule has 0 aliphatic rings. The fourth-order valence-corrected chi connectivity index (χ4v) is 2.19. The van der Waals surface area contributed by atoms with Crippen LogP contribution < -0.4 is 0 Å². The van der Waals surface area contributed by atoms with Gasteiger partial charge in [-0.2, -0.15) is 0 Å². The minimum absolute atomic E-state index is 0.0984.